The lowest BCUT2D eigenvalue weighted by atomic mass is 10.0. The van der Waals surface area contributed by atoms with Crippen molar-refractivity contribution in [2.45, 2.75) is 6.54 Å². The van der Waals surface area contributed by atoms with E-state index in [0.29, 0.717) is 25.3 Å². The van der Waals surface area contributed by atoms with Crippen LogP contribution in [0.3, 0.4) is 0 Å². The van der Waals surface area contributed by atoms with E-state index in [0.717, 1.165) is 46.6 Å². The van der Waals surface area contributed by atoms with E-state index in [-0.39, 0.29) is 5.91 Å². The third-order valence-electron chi connectivity index (χ3n) is 5.62. The van der Waals surface area contributed by atoms with Crippen LogP contribution in [-0.4, -0.2) is 42.2 Å². The fraction of sp³-hybridized carbons (Fsp3) is 0.192. The number of benzene rings is 3. The molecule has 0 spiro atoms. The molecular formula is C26H24N4O2. The van der Waals surface area contributed by atoms with Gasteiger partial charge in [0.1, 0.15) is 5.82 Å². The Morgan fingerprint density at radius 2 is 1.72 bits per heavy atom. The first-order valence-corrected chi connectivity index (χ1v) is 10.8. The second-order valence-electron chi connectivity index (χ2n) is 7.78. The SMILES string of the molecule is O=C(NCc1ccccc1)c1cccc(-c2ccc3ncc(N4CCOCC4)nc3c2)c1. The topological polar surface area (TPSA) is 67.4 Å². The van der Waals surface area contributed by atoms with Gasteiger partial charge in [-0.3, -0.25) is 9.78 Å². The van der Waals surface area contributed by atoms with E-state index >= 15 is 0 Å². The van der Waals surface area contributed by atoms with Crippen LogP contribution in [0.2, 0.25) is 0 Å². The highest BCUT2D eigenvalue weighted by Crippen LogP contribution is 2.25. The van der Waals surface area contributed by atoms with Crippen LogP contribution in [-0.2, 0) is 11.3 Å². The zero-order chi connectivity index (χ0) is 21.8. The van der Waals surface area contributed by atoms with Gasteiger partial charge >= 0.3 is 0 Å². The van der Waals surface area contributed by atoms with Crippen LogP contribution in [0.1, 0.15) is 15.9 Å². The van der Waals surface area contributed by atoms with E-state index in [9.17, 15) is 4.79 Å². The molecule has 160 valence electrons. The summed E-state index contributed by atoms with van der Waals surface area (Å²) >= 11 is 0. The fourth-order valence-electron chi connectivity index (χ4n) is 3.85. The Balaban J connectivity index is 1.37. The van der Waals surface area contributed by atoms with Gasteiger partial charge in [-0.1, -0.05) is 48.5 Å². The van der Waals surface area contributed by atoms with E-state index in [1.165, 1.54) is 0 Å². The highest BCUT2D eigenvalue weighted by Gasteiger charge is 2.14. The highest BCUT2D eigenvalue weighted by atomic mass is 16.5. The van der Waals surface area contributed by atoms with Gasteiger partial charge in [-0.2, -0.15) is 0 Å². The summed E-state index contributed by atoms with van der Waals surface area (Å²) in [6, 6.07) is 23.6. The van der Waals surface area contributed by atoms with Crippen LogP contribution in [0.25, 0.3) is 22.2 Å². The maximum atomic E-state index is 12.7. The molecule has 0 atom stereocenters. The number of amides is 1. The Bertz CT molecular complexity index is 1240. The second kappa shape index (κ2) is 9.16. The number of morpholine rings is 1. The van der Waals surface area contributed by atoms with E-state index in [4.69, 9.17) is 9.72 Å². The van der Waals surface area contributed by atoms with Crippen LogP contribution in [0.5, 0.6) is 0 Å². The second-order valence-corrected chi connectivity index (χ2v) is 7.78. The largest absolute Gasteiger partial charge is 0.378 e. The molecule has 0 bridgehead atoms. The minimum Gasteiger partial charge on any atom is -0.378 e. The number of fused-ring (bicyclic) bond motifs is 1. The fourth-order valence-corrected chi connectivity index (χ4v) is 3.85. The molecule has 1 aliphatic rings. The van der Waals surface area contributed by atoms with Crippen molar-refractivity contribution in [1.29, 1.82) is 0 Å². The lowest BCUT2D eigenvalue weighted by Crippen LogP contribution is -2.36. The number of nitrogens with zero attached hydrogens (tertiary/aromatic N) is 3. The minimum atomic E-state index is -0.0918. The summed E-state index contributed by atoms with van der Waals surface area (Å²) in [7, 11) is 0. The predicted octanol–water partition coefficient (Wildman–Crippen LogP) is 4.06. The molecule has 1 N–H and O–H groups in total. The van der Waals surface area contributed by atoms with Crippen LogP contribution < -0.4 is 10.2 Å². The zero-order valence-electron chi connectivity index (χ0n) is 17.7. The van der Waals surface area contributed by atoms with Gasteiger partial charge in [0.2, 0.25) is 0 Å². The smallest absolute Gasteiger partial charge is 0.251 e. The Morgan fingerprint density at radius 3 is 2.56 bits per heavy atom. The van der Waals surface area contributed by atoms with Crippen molar-refractivity contribution in [3.8, 4) is 11.1 Å². The molecule has 1 amide bonds. The molecule has 1 aliphatic heterocycles. The van der Waals surface area contributed by atoms with E-state index in [1.54, 1.807) is 0 Å². The number of anilines is 1. The first-order valence-electron chi connectivity index (χ1n) is 10.8. The van der Waals surface area contributed by atoms with Crippen molar-refractivity contribution in [1.82, 2.24) is 15.3 Å². The van der Waals surface area contributed by atoms with Crippen molar-refractivity contribution in [3.63, 3.8) is 0 Å². The van der Waals surface area contributed by atoms with Gasteiger partial charge in [-0.15, -0.1) is 0 Å². The lowest BCUT2D eigenvalue weighted by molar-refractivity contribution is 0.0951. The first kappa shape index (κ1) is 20.2. The van der Waals surface area contributed by atoms with Crippen molar-refractivity contribution in [2.75, 3.05) is 31.2 Å². The van der Waals surface area contributed by atoms with Gasteiger partial charge in [0.15, 0.2) is 0 Å². The first-order chi connectivity index (χ1) is 15.8. The number of rotatable bonds is 5. The molecule has 1 fully saturated rings. The maximum absolute atomic E-state index is 12.7. The summed E-state index contributed by atoms with van der Waals surface area (Å²) in [5.74, 6) is 0.776. The highest BCUT2D eigenvalue weighted by molar-refractivity contribution is 5.95. The summed E-state index contributed by atoms with van der Waals surface area (Å²) in [6.07, 6.45) is 1.82. The standard InChI is InChI=1S/C26H24N4O2/c31-26(28-17-19-5-2-1-3-6-19)22-8-4-7-20(15-22)21-9-10-23-24(16-21)29-25(18-27-23)30-11-13-32-14-12-30/h1-10,15-16,18H,11-14,17H2,(H,28,31). The Kier molecular flexibility index (Phi) is 5.77. The zero-order valence-corrected chi connectivity index (χ0v) is 17.7. The van der Waals surface area contributed by atoms with Crippen molar-refractivity contribution < 1.29 is 9.53 Å². The molecule has 32 heavy (non-hydrogen) atoms. The third kappa shape index (κ3) is 4.45. The Labute approximate surface area is 186 Å². The number of nitrogens with one attached hydrogen (secondary N) is 1. The molecule has 5 rings (SSSR count). The molecule has 3 aromatic carbocycles. The summed E-state index contributed by atoms with van der Waals surface area (Å²) in [5, 5.41) is 2.99. The van der Waals surface area contributed by atoms with E-state index in [2.05, 4.69) is 15.2 Å². The summed E-state index contributed by atoms with van der Waals surface area (Å²) < 4.78 is 5.44. The third-order valence-corrected chi connectivity index (χ3v) is 5.62. The van der Waals surface area contributed by atoms with Gasteiger partial charge in [0.25, 0.3) is 5.91 Å². The van der Waals surface area contributed by atoms with Gasteiger partial charge in [-0.05, 0) is 41.0 Å². The molecule has 0 unspecified atom stereocenters. The Hall–Kier alpha value is -3.77. The average Bonchev–Trinajstić information content (AvgIpc) is 2.88. The quantitative estimate of drug-likeness (QED) is 0.523. The molecule has 0 aliphatic carbocycles. The van der Waals surface area contributed by atoms with Crippen molar-refractivity contribution in [3.05, 3.63) is 90.1 Å². The summed E-state index contributed by atoms with van der Waals surface area (Å²) in [4.78, 5) is 24.3. The lowest BCUT2D eigenvalue weighted by Gasteiger charge is -2.27. The molecule has 1 saturated heterocycles. The summed E-state index contributed by atoms with van der Waals surface area (Å²) in [6.45, 7) is 3.55. The number of carbonyl (C=O) groups is 1. The maximum Gasteiger partial charge on any atom is 0.251 e. The molecule has 0 radical (unpaired) electrons. The molecule has 4 aromatic rings. The molecule has 6 heteroatoms. The molecule has 1 aromatic heterocycles. The molecule has 2 heterocycles. The monoisotopic (exact) mass is 424 g/mol. The van der Waals surface area contributed by atoms with Crippen molar-refractivity contribution >= 4 is 22.8 Å². The van der Waals surface area contributed by atoms with Crippen molar-refractivity contribution in [2.24, 2.45) is 0 Å². The van der Waals surface area contributed by atoms with Crippen LogP contribution >= 0.6 is 0 Å². The van der Waals surface area contributed by atoms with Gasteiger partial charge in [0, 0.05) is 25.2 Å². The molecular weight excluding hydrogens is 400 g/mol. The average molecular weight is 425 g/mol. The van der Waals surface area contributed by atoms with Crippen LogP contribution in [0.4, 0.5) is 5.82 Å². The van der Waals surface area contributed by atoms with Crippen LogP contribution in [0.15, 0.2) is 79.0 Å². The molecule has 6 nitrogen and oxygen atoms in total. The van der Waals surface area contributed by atoms with E-state index < -0.39 is 0 Å². The number of aromatic nitrogens is 2. The molecule has 0 saturated carbocycles. The number of hydrogen-bond acceptors (Lipinski definition) is 5. The number of hydrogen-bond donors (Lipinski definition) is 1. The Morgan fingerprint density at radius 1 is 0.906 bits per heavy atom. The summed E-state index contributed by atoms with van der Waals surface area (Å²) in [5.41, 5.74) is 5.36. The van der Waals surface area contributed by atoms with Crippen LogP contribution in [0, 0.1) is 0 Å². The van der Waals surface area contributed by atoms with Gasteiger partial charge in [-0.25, -0.2) is 4.98 Å². The minimum absolute atomic E-state index is 0.0918. The van der Waals surface area contributed by atoms with E-state index in [1.807, 2.05) is 79.0 Å². The number of carbonyl (C=O) groups excluding carboxylic acids is 1. The number of ether oxygens (including phenoxy) is 1. The normalized spacial score (nSPS) is 13.8. The predicted molar refractivity (Wildman–Crippen MR) is 126 cm³/mol. The van der Waals surface area contributed by atoms with Gasteiger partial charge < -0.3 is 15.0 Å². The van der Waals surface area contributed by atoms with Gasteiger partial charge in [0.05, 0.1) is 30.4 Å².